The van der Waals surface area contributed by atoms with Crippen LogP contribution in [0.25, 0.3) is 17.0 Å². The van der Waals surface area contributed by atoms with Crippen LogP contribution in [0.5, 0.6) is 0 Å². The van der Waals surface area contributed by atoms with Crippen LogP contribution in [0.15, 0.2) is 48.5 Å². The summed E-state index contributed by atoms with van der Waals surface area (Å²) in [7, 11) is 0. The number of fused-ring (bicyclic) bond motifs is 2. The number of benzene rings is 2. The van der Waals surface area contributed by atoms with Crippen LogP contribution in [0.3, 0.4) is 0 Å². The number of anilines is 1. The summed E-state index contributed by atoms with van der Waals surface area (Å²) in [5.41, 5.74) is 4.70. The number of H-pyrrole nitrogens is 1. The van der Waals surface area contributed by atoms with Crippen molar-refractivity contribution < 1.29 is 4.79 Å². The first kappa shape index (κ1) is 16.1. The number of halogens is 1. The van der Waals surface area contributed by atoms with Crippen LogP contribution in [-0.2, 0) is 4.79 Å². The van der Waals surface area contributed by atoms with E-state index in [4.69, 9.17) is 11.6 Å². The molecule has 5 rings (SSSR count). The molecule has 2 aromatic heterocycles. The highest BCUT2D eigenvalue weighted by Gasteiger charge is 2.33. The number of nitrogens with one attached hydrogen (secondary N) is 2. The average Bonchev–Trinajstić information content (AvgIpc) is 3.23. The molecule has 0 radical (unpaired) electrons. The van der Waals surface area contributed by atoms with Gasteiger partial charge in [0.1, 0.15) is 5.82 Å². The molecule has 1 amide bonds. The van der Waals surface area contributed by atoms with E-state index in [0.29, 0.717) is 23.2 Å². The Morgan fingerprint density at radius 2 is 1.93 bits per heavy atom. The van der Waals surface area contributed by atoms with Crippen molar-refractivity contribution in [2.24, 2.45) is 0 Å². The van der Waals surface area contributed by atoms with Crippen LogP contribution in [0.1, 0.15) is 29.2 Å². The quantitative estimate of drug-likeness (QED) is 0.550. The minimum absolute atomic E-state index is 0.0419. The lowest BCUT2D eigenvalue weighted by atomic mass is 9.86. The Morgan fingerprint density at radius 3 is 2.70 bits per heavy atom. The Hall–Kier alpha value is -3.12. The van der Waals surface area contributed by atoms with Gasteiger partial charge in [0.25, 0.3) is 0 Å². The molecular formula is C20H16ClN5O. The van der Waals surface area contributed by atoms with Gasteiger partial charge < -0.3 is 10.3 Å². The third-order valence-corrected chi connectivity index (χ3v) is 5.20. The first-order valence-corrected chi connectivity index (χ1v) is 9.08. The number of hydrogen-bond donors (Lipinski definition) is 2. The number of imidazole rings is 1. The maximum absolute atomic E-state index is 12.4. The van der Waals surface area contributed by atoms with E-state index in [-0.39, 0.29) is 11.8 Å². The van der Waals surface area contributed by atoms with Crippen molar-refractivity contribution in [1.82, 2.24) is 19.7 Å². The van der Waals surface area contributed by atoms with Gasteiger partial charge in [-0.1, -0.05) is 35.9 Å². The molecule has 4 aromatic rings. The number of rotatable bonds is 2. The predicted molar refractivity (Wildman–Crippen MR) is 104 cm³/mol. The van der Waals surface area contributed by atoms with Gasteiger partial charge in [0.2, 0.25) is 11.9 Å². The Balaban J connectivity index is 1.67. The van der Waals surface area contributed by atoms with Crippen molar-refractivity contribution in [2.75, 3.05) is 5.32 Å². The largest absolute Gasteiger partial charge is 0.322 e. The number of aromatic nitrogens is 4. The van der Waals surface area contributed by atoms with Crippen molar-refractivity contribution >= 4 is 34.4 Å². The van der Waals surface area contributed by atoms with Crippen molar-refractivity contribution in [3.8, 4) is 5.95 Å². The van der Waals surface area contributed by atoms with Crippen LogP contribution in [0.4, 0.5) is 5.82 Å². The lowest BCUT2D eigenvalue weighted by Crippen LogP contribution is -2.25. The SMILES string of the molecule is Cc1nn(-c2nc3ccccc3[nH]2)c2c1[C@H](c1ccc(Cl)cc1)CC(=O)N2. The predicted octanol–water partition coefficient (Wildman–Crippen LogP) is 4.18. The molecular weight excluding hydrogens is 362 g/mol. The van der Waals surface area contributed by atoms with Gasteiger partial charge in [-0.2, -0.15) is 9.78 Å². The number of nitrogens with zero attached hydrogens (tertiary/aromatic N) is 3. The zero-order valence-corrected chi connectivity index (χ0v) is 15.3. The summed E-state index contributed by atoms with van der Waals surface area (Å²) in [6, 6.07) is 15.4. The van der Waals surface area contributed by atoms with Crippen molar-refractivity contribution in [1.29, 1.82) is 0 Å². The van der Waals surface area contributed by atoms with E-state index in [1.54, 1.807) is 4.68 Å². The molecule has 0 unspecified atom stereocenters. The molecule has 1 aliphatic rings. The average molecular weight is 378 g/mol. The van der Waals surface area contributed by atoms with Gasteiger partial charge in [-0.25, -0.2) is 4.98 Å². The Labute approximate surface area is 160 Å². The first-order chi connectivity index (χ1) is 13.1. The highest BCUT2D eigenvalue weighted by molar-refractivity contribution is 6.30. The Morgan fingerprint density at radius 1 is 1.15 bits per heavy atom. The van der Waals surface area contributed by atoms with E-state index < -0.39 is 0 Å². The van der Waals surface area contributed by atoms with Gasteiger partial charge in [-0.3, -0.25) is 4.79 Å². The fourth-order valence-electron chi connectivity index (χ4n) is 3.72. The Bertz CT molecular complexity index is 1140. The van der Waals surface area contributed by atoms with Crippen molar-refractivity contribution in [3.05, 3.63) is 70.4 Å². The van der Waals surface area contributed by atoms with Gasteiger partial charge in [-0.15, -0.1) is 0 Å². The number of aryl methyl sites for hydroxylation is 1. The molecule has 0 spiro atoms. The smallest absolute Gasteiger partial charge is 0.231 e. The molecule has 2 N–H and O–H groups in total. The number of carbonyl (C=O) groups is 1. The van der Waals surface area contributed by atoms with E-state index >= 15 is 0 Å². The normalized spacial score (nSPS) is 16.4. The maximum atomic E-state index is 12.4. The van der Waals surface area contributed by atoms with Gasteiger partial charge in [-0.05, 0) is 36.8 Å². The Kier molecular flexibility index (Phi) is 3.55. The summed E-state index contributed by atoms with van der Waals surface area (Å²) in [4.78, 5) is 20.3. The molecule has 2 aromatic carbocycles. The van der Waals surface area contributed by atoms with E-state index in [1.165, 1.54) is 0 Å². The summed E-state index contributed by atoms with van der Waals surface area (Å²) in [5, 5.41) is 8.32. The van der Waals surface area contributed by atoms with Gasteiger partial charge in [0.05, 0.1) is 16.7 Å². The zero-order valence-electron chi connectivity index (χ0n) is 14.5. The topological polar surface area (TPSA) is 75.6 Å². The summed E-state index contributed by atoms with van der Waals surface area (Å²) in [5.74, 6) is 1.14. The molecule has 1 aliphatic heterocycles. The fraction of sp³-hybridized carbons (Fsp3) is 0.150. The second-order valence-electron chi connectivity index (χ2n) is 6.69. The molecule has 0 saturated carbocycles. The highest BCUT2D eigenvalue weighted by atomic mass is 35.5. The summed E-state index contributed by atoms with van der Waals surface area (Å²) < 4.78 is 1.69. The summed E-state index contributed by atoms with van der Waals surface area (Å²) in [6.45, 7) is 1.96. The van der Waals surface area contributed by atoms with Gasteiger partial charge in [0.15, 0.2) is 0 Å². The van der Waals surface area contributed by atoms with Crippen LogP contribution < -0.4 is 5.32 Å². The van der Waals surface area contributed by atoms with E-state index in [9.17, 15) is 4.79 Å². The standard InChI is InChI=1S/C20H16ClN5O/c1-11-18-14(12-6-8-13(21)9-7-12)10-17(27)24-19(18)26(25-11)20-22-15-4-2-3-5-16(15)23-20/h2-9,14H,10H2,1H3,(H,22,23)(H,24,27)/t14-/m0/s1. The maximum Gasteiger partial charge on any atom is 0.231 e. The van der Waals surface area contributed by atoms with Crippen LogP contribution in [0, 0.1) is 6.92 Å². The van der Waals surface area contributed by atoms with Crippen molar-refractivity contribution in [2.45, 2.75) is 19.3 Å². The fourth-order valence-corrected chi connectivity index (χ4v) is 3.85. The molecule has 6 nitrogen and oxygen atoms in total. The number of hydrogen-bond acceptors (Lipinski definition) is 3. The van der Waals surface area contributed by atoms with Crippen LogP contribution >= 0.6 is 11.6 Å². The van der Waals surface area contributed by atoms with E-state index in [2.05, 4.69) is 20.4 Å². The van der Waals surface area contributed by atoms with Crippen LogP contribution in [0.2, 0.25) is 5.02 Å². The molecule has 134 valence electrons. The number of amides is 1. The second kappa shape index (κ2) is 5.96. The van der Waals surface area contributed by atoms with E-state index in [0.717, 1.165) is 27.9 Å². The lowest BCUT2D eigenvalue weighted by Gasteiger charge is -2.24. The number of carbonyl (C=O) groups excluding carboxylic acids is 1. The second-order valence-corrected chi connectivity index (χ2v) is 7.13. The molecule has 0 fully saturated rings. The monoisotopic (exact) mass is 377 g/mol. The molecule has 27 heavy (non-hydrogen) atoms. The first-order valence-electron chi connectivity index (χ1n) is 8.70. The number of aromatic amines is 1. The number of para-hydroxylation sites is 2. The highest BCUT2D eigenvalue weighted by Crippen LogP contribution is 2.40. The summed E-state index contributed by atoms with van der Waals surface area (Å²) in [6.07, 6.45) is 0.376. The van der Waals surface area contributed by atoms with Crippen molar-refractivity contribution in [3.63, 3.8) is 0 Å². The summed E-state index contributed by atoms with van der Waals surface area (Å²) >= 11 is 6.03. The molecule has 3 heterocycles. The molecule has 0 bridgehead atoms. The molecule has 1 atom stereocenters. The van der Waals surface area contributed by atoms with E-state index in [1.807, 2.05) is 55.5 Å². The molecule has 0 aliphatic carbocycles. The van der Waals surface area contributed by atoms with Gasteiger partial charge >= 0.3 is 0 Å². The minimum Gasteiger partial charge on any atom is -0.322 e. The third kappa shape index (κ3) is 2.61. The lowest BCUT2D eigenvalue weighted by molar-refractivity contribution is -0.116. The molecule has 0 saturated heterocycles. The third-order valence-electron chi connectivity index (χ3n) is 4.95. The van der Waals surface area contributed by atoms with Crippen LogP contribution in [-0.4, -0.2) is 25.7 Å². The zero-order chi connectivity index (χ0) is 18.5. The molecule has 7 heteroatoms. The van der Waals surface area contributed by atoms with Gasteiger partial charge in [0, 0.05) is 22.9 Å². The minimum atomic E-state index is -0.0656.